The third kappa shape index (κ3) is 3.03. The van der Waals surface area contributed by atoms with Gasteiger partial charge in [0, 0.05) is 0 Å². The Kier molecular flexibility index (Phi) is 4.72. The van der Waals surface area contributed by atoms with E-state index < -0.39 is 0 Å². The molecule has 2 rings (SSSR count). The van der Waals surface area contributed by atoms with Crippen molar-refractivity contribution in [3.63, 3.8) is 0 Å². The second-order valence-corrected chi connectivity index (χ2v) is 4.91. The standard InChI is InChI=1S/C16H20NO2/c1-2-3-4-5-6-9-12-17-15(18)13-10-7-8-11-14(13)16(17)19/h7-8,10-12H,2-6,9H2,1H3. The number of fused-ring (bicyclic) bond motifs is 1. The van der Waals surface area contributed by atoms with E-state index in [4.69, 9.17) is 0 Å². The second-order valence-electron chi connectivity index (χ2n) is 4.91. The van der Waals surface area contributed by atoms with E-state index in [9.17, 15) is 9.59 Å². The molecule has 0 spiro atoms. The topological polar surface area (TPSA) is 37.4 Å². The minimum absolute atomic E-state index is 0.186. The van der Waals surface area contributed by atoms with Gasteiger partial charge in [-0.25, -0.2) is 0 Å². The van der Waals surface area contributed by atoms with Crippen molar-refractivity contribution in [1.82, 2.24) is 4.90 Å². The molecule has 2 amide bonds. The number of carbonyl (C=O) groups excluding carboxylic acids is 2. The van der Waals surface area contributed by atoms with Crippen molar-refractivity contribution in [1.29, 1.82) is 0 Å². The fraction of sp³-hybridized carbons (Fsp3) is 0.438. The zero-order chi connectivity index (χ0) is 13.7. The fourth-order valence-electron chi connectivity index (χ4n) is 2.34. The van der Waals surface area contributed by atoms with E-state index in [-0.39, 0.29) is 11.8 Å². The van der Waals surface area contributed by atoms with Crippen LogP contribution in [-0.4, -0.2) is 16.7 Å². The maximum Gasteiger partial charge on any atom is 0.261 e. The lowest BCUT2D eigenvalue weighted by molar-refractivity contribution is 0.0692. The summed E-state index contributed by atoms with van der Waals surface area (Å²) in [5.41, 5.74) is 1.05. The molecule has 1 aliphatic heterocycles. The normalized spacial score (nSPS) is 14.1. The quantitative estimate of drug-likeness (QED) is 0.551. The SMILES string of the molecule is CCCCCCC[CH]N1C(=O)c2ccccc2C1=O. The number of amides is 2. The Balaban J connectivity index is 1.83. The maximum atomic E-state index is 12.0. The summed E-state index contributed by atoms with van der Waals surface area (Å²) in [5.74, 6) is -0.372. The lowest BCUT2D eigenvalue weighted by Crippen LogP contribution is -2.26. The molecular formula is C16H20NO2. The summed E-state index contributed by atoms with van der Waals surface area (Å²) in [4.78, 5) is 25.4. The van der Waals surface area contributed by atoms with E-state index in [2.05, 4.69) is 6.92 Å². The summed E-state index contributed by atoms with van der Waals surface area (Å²) in [6.45, 7) is 3.93. The number of carbonyl (C=O) groups is 2. The average molecular weight is 258 g/mol. The van der Waals surface area contributed by atoms with Crippen LogP contribution in [0.15, 0.2) is 24.3 Å². The van der Waals surface area contributed by atoms with Crippen LogP contribution in [0.2, 0.25) is 0 Å². The van der Waals surface area contributed by atoms with Gasteiger partial charge in [-0.05, 0) is 18.6 Å². The highest BCUT2D eigenvalue weighted by atomic mass is 16.2. The molecule has 0 atom stereocenters. The Hall–Kier alpha value is -1.64. The fourth-order valence-corrected chi connectivity index (χ4v) is 2.34. The lowest BCUT2D eigenvalue weighted by Gasteiger charge is -2.12. The first kappa shape index (κ1) is 13.8. The van der Waals surface area contributed by atoms with Crippen LogP contribution in [0.4, 0.5) is 0 Å². The van der Waals surface area contributed by atoms with Crippen molar-refractivity contribution < 1.29 is 9.59 Å². The van der Waals surface area contributed by atoms with Crippen molar-refractivity contribution in [2.75, 3.05) is 0 Å². The molecule has 0 saturated carbocycles. The monoisotopic (exact) mass is 258 g/mol. The van der Waals surface area contributed by atoms with Crippen molar-refractivity contribution >= 4 is 11.8 Å². The smallest absolute Gasteiger partial charge is 0.261 e. The van der Waals surface area contributed by atoms with Crippen LogP contribution in [-0.2, 0) is 0 Å². The van der Waals surface area contributed by atoms with Gasteiger partial charge in [0.2, 0.25) is 0 Å². The summed E-state index contributed by atoms with van der Waals surface area (Å²) >= 11 is 0. The molecule has 1 radical (unpaired) electrons. The van der Waals surface area contributed by atoms with Crippen LogP contribution < -0.4 is 0 Å². The summed E-state index contributed by atoms with van der Waals surface area (Å²) < 4.78 is 0. The molecule has 3 nitrogen and oxygen atoms in total. The van der Waals surface area contributed by atoms with Gasteiger partial charge in [-0.15, -0.1) is 0 Å². The number of imide groups is 1. The highest BCUT2D eigenvalue weighted by molar-refractivity contribution is 6.21. The van der Waals surface area contributed by atoms with Gasteiger partial charge < -0.3 is 0 Å². The first-order chi connectivity index (χ1) is 9.25. The van der Waals surface area contributed by atoms with Crippen LogP contribution in [0, 0.1) is 6.54 Å². The van der Waals surface area contributed by atoms with Crippen molar-refractivity contribution in [3.8, 4) is 0 Å². The zero-order valence-corrected chi connectivity index (χ0v) is 11.4. The van der Waals surface area contributed by atoms with Crippen molar-refractivity contribution in [3.05, 3.63) is 41.9 Å². The molecule has 1 aromatic carbocycles. The van der Waals surface area contributed by atoms with E-state index in [1.54, 1.807) is 30.8 Å². The molecule has 0 unspecified atom stereocenters. The number of benzene rings is 1. The number of hydrogen-bond donors (Lipinski definition) is 0. The van der Waals surface area contributed by atoms with Gasteiger partial charge in [-0.1, -0.05) is 51.2 Å². The molecular weight excluding hydrogens is 238 g/mol. The minimum atomic E-state index is -0.186. The maximum absolute atomic E-state index is 12.0. The Morgan fingerprint density at radius 1 is 0.947 bits per heavy atom. The third-order valence-corrected chi connectivity index (χ3v) is 3.44. The van der Waals surface area contributed by atoms with E-state index in [1.807, 2.05) is 0 Å². The highest BCUT2D eigenvalue weighted by Crippen LogP contribution is 2.24. The predicted molar refractivity (Wildman–Crippen MR) is 74.6 cm³/mol. The Labute approximate surface area is 114 Å². The summed E-state index contributed by atoms with van der Waals surface area (Å²) in [5, 5.41) is 0. The van der Waals surface area contributed by atoms with Crippen molar-refractivity contribution in [2.45, 2.75) is 45.4 Å². The van der Waals surface area contributed by atoms with Crippen LogP contribution >= 0.6 is 0 Å². The number of nitrogens with zero attached hydrogens (tertiary/aromatic N) is 1. The molecule has 101 valence electrons. The summed E-state index contributed by atoms with van der Waals surface area (Å²) in [6.07, 6.45) is 6.69. The molecule has 0 saturated heterocycles. The van der Waals surface area contributed by atoms with E-state index in [0.717, 1.165) is 19.3 Å². The second kappa shape index (κ2) is 6.50. The Morgan fingerprint density at radius 3 is 2.11 bits per heavy atom. The van der Waals surface area contributed by atoms with Crippen LogP contribution in [0.5, 0.6) is 0 Å². The third-order valence-electron chi connectivity index (χ3n) is 3.44. The van der Waals surface area contributed by atoms with E-state index in [1.165, 1.54) is 24.2 Å². The number of hydrogen-bond acceptors (Lipinski definition) is 2. The summed E-state index contributed by atoms with van der Waals surface area (Å²) in [7, 11) is 0. The van der Waals surface area contributed by atoms with Crippen LogP contribution in [0.25, 0.3) is 0 Å². The van der Waals surface area contributed by atoms with Crippen LogP contribution in [0.3, 0.4) is 0 Å². The van der Waals surface area contributed by atoms with Crippen molar-refractivity contribution in [2.24, 2.45) is 0 Å². The van der Waals surface area contributed by atoms with Gasteiger partial charge >= 0.3 is 0 Å². The van der Waals surface area contributed by atoms with Crippen LogP contribution in [0.1, 0.15) is 66.2 Å². The predicted octanol–water partition coefficient (Wildman–Crippen LogP) is 3.80. The molecule has 1 aromatic rings. The Bertz CT molecular complexity index is 433. The van der Waals surface area contributed by atoms with E-state index in [0.29, 0.717) is 11.1 Å². The molecule has 0 bridgehead atoms. The minimum Gasteiger partial charge on any atom is -0.269 e. The average Bonchev–Trinajstić information content (AvgIpc) is 2.68. The van der Waals surface area contributed by atoms with Gasteiger partial charge in [-0.2, -0.15) is 0 Å². The summed E-state index contributed by atoms with van der Waals surface area (Å²) in [6, 6.07) is 7.01. The number of rotatable bonds is 7. The Morgan fingerprint density at radius 2 is 1.53 bits per heavy atom. The molecule has 0 aromatic heterocycles. The van der Waals surface area contributed by atoms with Gasteiger partial charge in [-0.3, -0.25) is 14.5 Å². The van der Waals surface area contributed by atoms with Gasteiger partial charge in [0.15, 0.2) is 0 Å². The lowest BCUT2D eigenvalue weighted by atomic mass is 10.1. The molecule has 0 N–H and O–H groups in total. The molecule has 19 heavy (non-hydrogen) atoms. The first-order valence-electron chi connectivity index (χ1n) is 7.06. The van der Waals surface area contributed by atoms with E-state index >= 15 is 0 Å². The van der Waals surface area contributed by atoms with Gasteiger partial charge in [0.25, 0.3) is 11.8 Å². The number of unbranched alkanes of at least 4 members (excludes halogenated alkanes) is 5. The first-order valence-corrected chi connectivity index (χ1v) is 7.06. The molecule has 0 aliphatic carbocycles. The molecule has 0 fully saturated rings. The highest BCUT2D eigenvalue weighted by Gasteiger charge is 2.34. The zero-order valence-electron chi connectivity index (χ0n) is 11.4. The van der Waals surface area contributed by atoms with Gasteiger partial charge in [0.1, 0.15) is 0 Å². The molecule has 3 heteroatoms. The molecule has 1 heterocycles. The van der Waals surface area contributed by atoms with Gasteiger partial charge in [0.05, 0.1) is 17.7 Å². The molecule has 1 aliphatic rings. The largest absolute Gasteiger partial charge is 0.269 e.